The van der Waals surface area contributed by atoms with E-state index in [-0.39, 0.29) is 5.91 Å². The maximum atomic E-state index is 12.4. The van der Waals surface area contributed by atoms with Gasteiger partial charge in [-0.25, -0.2) is 4.98 Å². The predicted molar refractivity (Wildman–Crippen MR) is 89.9 cm³/mol. The number of amides is 1. The SMILES string of the molecule is CC1CCN(C(=O)Cc2csc(CN3CCCCC3)n2)CC1. The molecule has 2 aliphatic rings. The summed E-state index contributed by atoms with van der Waals surface area (Å²) in [5, 5.41) is 3.24. The van der Waals surface area contributed by atoms with Gasteiger partial charge in [0.15, 0.2) is 0 Å². The van der Waals surface area contributed by atoms with Crippen molar-refractivity contribution in [3.63, 3.8) is 0 Å². The standard InChI is InChI=1S/C17H27N3OS/c1-14-5-9-20(10-6-14)17(21)11-15-13-22-16(18-15)12-19-7-3-2-4-8-19/h13-14H,2-12H2,1H3. The van der Waals surface area contributed by atoms with Crippen LogP contribution in [0.4, 0.5) is 0 Å². The predicted octanol–water partition coefficient (Wildman–Crippen LogP) is 2.93. The van der Waals surface area contributed by atoms with Crippen LogP contribution in [0.25, 0.3) is 0 Å². The average molecular weight is 321 g/mol. The van der Waals surface area contributed by atoms with Crippen molar-refractivity contribution in [3.05, 3.63) is 16.1 Å². The number of hydrogen-bond acceptors (Lipinski definition) is 4. The molecule has 0 aliphatic carbocycles. The van der Waals surface area contributed by atoms with E-state index in [0.717, 1.165) is 49.1 Å². The van der Waals surface area contributed by atoms with E-state index in [1.807, 2.05) is 4.90 Å². The van der Waals surface area contributed by atoms with E-state index >= 15 is 0 Å². The first-order chi connectivity index (χ1) is 10.7. The number of rotatable bonds is 4. The van der Waals surface area contributed by atoms with Gasteiger partial charge in [-0.3, -0.25) is 9.69 Å². The van der Waals surface area contributed by atoms with Crippen molar-refractivity contribution in [3.8, 4) is 0 Å². The molecule has 122 valence electrons. The van der Waals surface area contributed by atoms with Crippen LogP contribution in [-0.2, 0) is 17.8 Å². The minimum absolute atomic E-state index is 0.252. The Balaban J connectivity index is 1.49. The number of thiazole rings is 1. The van der Waals surface area contributed by atoms with Crippen molar-refractivity contribution >= 4 is 17.2 Å². The van der Waals surface area contributed by atoms with Crippen molar-refractivity contribution < 1.29 is 4.79 Å². The number of aromatic nitrogens is 1. The van der Waals surface area contributed by atoms with Crippen LogP contribution in [0, 0.1) is 5.92 Å². The highest BCUT2D eigenvalue weighted by Crippen LogP contribution is 2.19. The lowest BCUT2D eigenvalue weighted by Crippen LogP contribution is -2.38. The number of likely N-dealkylation sites (tertiary alicyclic amines) is 2. The van der Waals surface area contributed by atoms with Crippen molar-refractivity contribution in [1.29, 1.82) is 0 Å². The monoisotopic (exact) mass is 321 g/mol. The molecule has 1 aromatic rings. The van der Waals surface area contributed by atoms with Gasteiger partial charge in [0.2, 0.25) is 5.91 Å². The first-order valence-corrected chi connectivity index (χ1v) is 9.52. The smallest absolute Gasteiger partial charge is 0.228 e. The highest BCUT2D eigenvalue weighted by atomic mass is 32.1. The fraction of sp³-hybridized carbons (Fsp3) is 0.765. The lowest BCUT2D eigenvalue weighted by atomic mass is 9.99. The Morgan fingerprint density at radius 1 is 1.23 bits per heavy atom. The van der Waals surface area contributed by atoms with Crippen molar-refractivity contribution in [2.24, 2.45) is 5.92 Å². The largest absolute Gasteiger partial charge is 0.342 e. The van der Waals surface area contributed by atoms with E-state index in [1.54, 1.807) is 11.3 Å². The summed E-state index contributed by atoms with van der Waals surface area (Å²) < 4.78 is 0. The molecule has 0 N–H and O–H groups in total. The summed E-state index contributed by atoms with van der Waals surface area (Å²) in [6.45, 7) is 7.46. The molecule has 0 atom stereocenters. The average Bonchev–Trinajstić information content (AvgIpc) is 2.96. The third kappa shape index (κ3) is 4.29. The zero-order chi connectivity index (χ0) is 15.4. The first-order valence-electron chi connectivity index (χ1n) is 8.64. The third-order valence-electron chi connectivity index (χ3n) is 4.88. The molecule has 2 aliphatic heterocycles. The van der Waals surface area contributed by atoms with Gasteiger partial charge in [-0.1, -0.05) is 13.3 Å². The summed E-state index contributed by atoms with van der Waals surface area (Å²) in [6.07, 6.45) is 6.74. The first kappa shape index (κ1) is 15.9. The Labute approximate surface area is 137 Å². The molecule has 0 spiro atoms. The van der Waals surface area contributed by atoms with E-state index in [9.17, 15) is 4.79 Å². The van der Waals surface area contributed by atoms with E-state index in [4.69, 9.17) is 0 Å². The molecule has 3 rings (SSSR count). The Hall–Kier alpha value is -0.940. The Kier molecular flexibility index (Phi) is 5.47. The molecule has 0 saturated carbocycles. The molecule has 1 aromatic heterocycles. The highest BCUT2D eigenvalue weighted by molar-refractivity contribution is 7.09. The molecule has 4 nitrogen and oxygen atoms in total. The fourth-order valence-corrected chi connectivity index (χ4v) is 4.17. The minimum atomic E-state index is 0.252. The number of nitrogens with zero attached hydrogens (tertiary/aromatic N) is 3. The molecule has 0 radical (unpaired) electrons. The maximum Gasteiger partial charge on any atom is 0.228 e. The lowest BCUT2D eigenvalue weighted by Gasteiger charge is -2.30. The second-order valence-electron chi connectivity index (χ2n) is 6.81. The number of carbonyl (C=O) groups excluding carboxylic acids is 1. The molecule has 2 fully saturated rings. The van der Waals surface area contributed by atoms with E-state index in [2.05, 4.69) is 22.2 Å². The lowest BCUT2D eigenvalue weighted by molar-refractivity contribution is -0.131. The number of piperidine rings is 2. The van der Waals surface area contributed by atoms with Crippen LogP contribution < -0.4 is 0 Å². The summed E-state index contributed by atoms with van der Waals surface area (Å²) >= 11 is 1.71. The van der Waals surface area contributed by atoms with Crippen molar-refractivity contribution in [2.45, 2.75) is 52.0 Å². The van der Waals surface area contributed by atoms with Crippen LogP contribution in [0.3, 0.4) is 0 Å². The summed E-state index contributed by atoms with van der Waals surface area (Å²) in [6, 6.07) is 0. The quantitative estimate of drug-likeness (QED) is 0.855. The van der Waals surface area contributed by atoms with Crippen LogP contribution >= 0.6 is 11.3 Å². The van der Waals surface area contributed by atoms with Crippen LogP contribution in [0.5, 0.6) is 0 Å². The molecule has 0 bridgehead atoms. The van der Waals surface area contributed by atoms with Crippen molar-refractivity contribution in [1.82, 2.24) is 14.8 Å². The van der Waals surface area contributed by atoms with Gasteiger partial charge in [0.1, 0.15) is 5.01 Å². The van der Waals surface area contributed by atoms with E-state index in [1.165, 1.54) is 32.4 Å². The topological polar surface area (TPSA) is 36.4 Å². The second-order valence-corrected chi connectivity index (χ2v) is 7.75. The van der Waals surface area contributed by atoms with Gasteiger partial charge < -0.3 is 4.90 Å². The van der Waals surface area contributed by atoms with Crippen LogP contribution in [0.15, 0.2) is 5.38 Å². The second kappa shape index (κ2) is 7.55. The summed E-state index contributed by atoms with van der Waals surface area (Å²) in [7, 11) is 0. The molecule has 2 saturated heterocycles. The number of carbonyl (C=O) groups is 1. The summed E-state index contributed by atoms with van der Waals surface area (Å²) in [5.41, 5.74) is 0.959. The van der Waals surface area contributed by atoms with Crippen molar-refractivity contribution in [2.75, 3.05) is 26.2 Å². The van der Waals surface area contributed by atoms with Gasteiger partial charge in [-0.05, 0) is 44.7 Å². The van der Waals surface area contributed by atoms with E-state index < -0.39 is 0 Å². The number of hydrogen-bond donors (Lipinski definition) is 0. The van der Waals surface area contributed by atoms with Crippen LogP contribution in [-0.4, -0.2) is 46.9 Å². The van der Waals surface area contributed by atoms with Gasteiger partial charge in [-0.15, -0.1) is 11.3 Å². The maximum absolute atomic E-state index is 12.4. The van der Waals surface area contributed by atoms with Crippen LogP contribution in [0.2, 0.25) is 0 Å². The molecule has 22 heavy (non-hydrogen) atoms. The van der Waals surface area contributed by atoms with Gasteiger partial charge in [-0.2, -0.15) is 0 Å². The zero-order valence-electron chi connectivity index (χ0n) is 13.6. The normalized spacial score (nSPS) is 21.2. The minimum Gasteiger partial charge on any atom is -0.342 e. The molecule has 5 heteroatoms. The van der Waals surface area contributed by atoms with Crippen LogP contribution in [0.1, 0.15) is 49.7 Å². The molecular formula is C17H27N3OS. The Morgan fingerprint density at radius 2 is 1.95 bits per heavy atom. The molecule has 3 heterocycles. The molecule has 0 aromatic carbocycles. The Morgan fingerprint density at radius 3 is 2.68 bits per heavy atom. The van der Waals surface area contributed by atoms with Gasteiger partial charge in [0.25, 0.3) is 0 Å². The van der Waals surface area contributed by atoms with E-state index in [0.29, 0.717) is 6.42 Å². The third-order valence-corrected chi connectivity index (χ3v) is 5.76. The molecule has 0 unspecified atom stereocenters. The summed E-state index contributed by atoms with van der Waals surface area (Å²) in [4.78, 5) is 21.5. The summed E-state index contributed by atoms with van der Waals surface area (Å²) in [5.74, 6) is 1.01. The molecular weight excluding hydrogens is 294 g/mol. The Bertz CT molecular complexity index is 488. The molecule has 1 amide bonds. The zero-order valence-corrected chi connectivity index (χ0v) is 14.4. The van der Waals surface area contributed by atoms with Gasteiger partial charge >= 0.3 is 0 Å². The highest BCUT2D eigenvalue weighted by Gasteiger charge is 2.21. The van der Waals surface area contributed by atoms with Gasteiger partial charge in [0, 0.05) is 18.5 Å². The fourth-order valence-electron chi connectivity index (χ4n) is 3.34. The van der Waals surface area contributed by atoms with Gasteiger partial charge in [0.05, 0.1) is 18.7 Å².